The fourth-order valence-electron chi connectivity index (χ4n) is 9.09. The van der Waals surface area contributed by atoms with E-state index in [1.807, 2.05) is 20.1 Å². The Balaban J connectivity index is 1.64. The number of ether oxygens (including phenoxy) is 2. The Morgan fingerprint density at radius 2 is 2.10 bits per heavy atom. The number of nitrogens with zero attached hydrogens (tertiary/aromatic N) is 1. The highest BCUT2D eigenvalue weighted by Gasteiger charge is 2.81. The highest BCUT2D eigenvalue weighted by atomic mass is 16.6. The van der Waals surface area contributed by atoms with Crippen molar-refractivity contribution >= 4 is 0 Å². The Hall–Kier alpha value is -1.30. The predicted octanol–water partition coefficient (Wildman–Crippen LogP) is 3.39. The molecule has 7 rings (SSSR count). The van der Waals surface area contributed by atoms with Gasteiger partial charge in [0.05, 0.1) is 5.60 Å². The topological polar surface area (TPSA) is 62.2 Å². The summed E-state index contributed by atoms with van der Waals surface area (Å²) < 4.78 is 13.2. The van der Waals surface area contributed by atoms with Gasteiger partial charge in [-0.2, -0.15) is 0 Å². The summed E-state index contributed by atoms with van der Waals surface area (Å²) in [6, 6.07) is 4.37. The van der Waals surface area contributed by atoms with Crippen LogP contribution in [0.5, 0.6) is 11.5 Å². The molecule has 1 saturated heterocycles. The van der Waals surface area contributed by atoms with Gasteiger partial charge in [-0.3, -0.25) is 0 Å². The van der Waals surface area contributed by atoms with Crippen LogP contribution in [-0.2, 0) is 16.6 Å². The summed E-state index contributed by atoms with van der Waals surface area (Å²) in [5.41, 5.74) is 1.21. The number of rotatable bonds is 4. The minimum absolute atomic E-state index is 0.0221. The summed E-state index contributed by atoms with van der Waals surface area (Å²) in [7, 11) is 4.09. The smallest absolute Gasteiger partial charge is 0.165 e. The van der Waals surface area contributed by atoms with Crippen molar-refractivity contribution in [2.24, 2.45) is 11.3 Å². The number of phenolic OH excluding ortho intramolecular Hbond substituents is 1. The quantitative estimate of drug-likeness (QED) is 0.792. The van der Waals surface area contributed by atoms with Gasteiger partial charge in [0, 0.05) is 35.5 Å². The third-order valence-electron chi connectivity index (χ3n) is 10.1. The van der Waals surface area contributed by atoms with Crippen molar-refractivity contribution in [3.63, 3.8) is 0 Å². The average Bonchev–Trinajstić information content (AvgIpc) is 3.09. The molecule has 3 saturated carbocycles. The second-order valence-corrected chi connectivity index (χ2v) is 11.0. The van der Waals surface area contributed by atoms with Gasteiger partial charge in [-0.05, 0) is 70.7 Å². The number of phenols is 1. The van der Waals surface area contributed by atoms with Crippen LogP contribution in [0.4, 0.5) is 0 Å². The number of methoxy groups -OCH3 is 1. The van der Waals surface area contributed by atoms with Crippen LogP contribution < -0.4 is 4.74 Å². The van der Waals surface area contributed by atoms with Gasteiger partial charge in [0.25, 0.3) is 0 Å². The van der Waals surface area contributed by atoms with E-state index in [9.17, 15) is 10.2 Å². The zero-order valence-corrected chi connectivity index (χ0v) is 18.7. The molecule has 164 valence electrons. The summed E-state index contributed by atoms with van der Waals surface area (Å²) >= 11 is 0. The molecule has 6 aliphatic rings. The lowest BCUT2D eigenvalue weighted by atomic mass is 9.33. The fourth-order valence-corrected chi connectivity index (χ4v) is 9.09. The van der Waals surface area contributed by atoms with E-state index in [2.05, 4.69) is 24.9 Å². The first kappa shape index (κ1) is 19.4. The minimum atomic E-state index is -0.798. The van der Waals surface area contributed by atoms with E-state index in [1.165, 1.54) is 11.1 Å². The first-order valence-corrected chi connectivity index (χ1v) is 11.8. The number of benzene rings is 1. The number of likely N-dealkylation sites (N-methyl/N-ethyl adjacent to an activating group) is 1. The minimum Gasteiger partial charge on any atom is -0.504 e. The van der Waals surface area contributed by atoms with Gasteiger partial charge < -0.3 is 24.6 Å². The Labute approximate surface area is 179 Å². The molecule has 5 heteroatoms. The Morgan fingerprint density at radius 3 is 2.83 bits per heavy atom. The van der Waals surface area contributed by atoms with Crippen molar-refractivity contribution < 1.29 is 19.7 Å². The maximum absolute atomic E-state index is 11.7. The molecule has 1 unspecified atom stereocenters. The summed E-state index contributed by atoms with van der Waals surface area (Å²) in [6.07, 6.45) is 6.57. The number of hydrogen-bond acceptors (Lipinski definition) is 5. The maximum Gasteiger partial charge on any atom is 0.165 e. The monoisotopic (exact) mass is 413 g/mol. The molecule has 1 aromatic rings. The van der Waals surface area contributed by atoms with Crippen LogP contribution in [0.15, 0.2) is 12.1 Å². The summed E-state index contributed by atoms with van der Waals surface area (Å²) in [5.74, 6) is 0.977. The maximum atomic E-state index is 11.7. The molecular formula is C25H35NO4. The SMILES string of the molecule is CCC[C@@](C)(O)[C@H]1C[C@@]23CCC1(OC)[C@@H]1Oc4c(O)ccc5c4[C@@]12CCN(C)[C@@H]3C5. The number of piperidine rings is 1. The molecule has 5 nitrogen and oxygen atoms in total. The standard InChI is InChI=1S/C25H35NO4/c1-5-8-22(2,28)17-14-23-9-10-25(17,29-4)21-24(23)11-12-26(3)18(23)13-15-6-7-16(27)20(30-21)19(15)24/h6-7,17-18,21,27-28H,5,8-14H2,1-4H3/t17-,18-,21-,22-,23-,24+,25?/m1/s1. The summed E-state index contributed by atoms with van der Waals surface area (Å²) in [4.78, 5) is 2.56. The van der Waals surface area contributed by atoms with E-state index in [0.29, 0.717) is 11.8 Å². The first-order chi connectivity index (χ1) is 14.3. The predicted molar refractivity (Wildman–Crippen MR) is 114 cm³/mol. The van der Waals surface area contributed by atoms with E-state index in [0.717, 1.165) is 51.5 Å². The average molecular weight is 414 g/mol. The number of aliphatic hydroxyl groups is 1. The number of aromatic hydroxyl groups is 1. The highest BCUT2D eigenvalue weighted by Crippen LogP contribution is 2.77. The van der Waals surface area contributed by atoms with Gasteiger partial charge >= 0.3 is 0 Å². The van der Waals surface area contributed by atoms with E-state index in [-0.39, 0.29) is 28.6 Å². The van der Waals surface area contributed by atoms with E-state index >= 15 is 0 Å². The van der Waals surface area contributed by atoms with Crippen molar-refractivity contribution in [3.8, 4) is 11.5 Å². The molecule has 4 fully saturated rings. The Morgan fingerprint density at radius 1 is 1.30 bits per heavy atom. The van der Waals surface area contributed by atoms with Gasteiger partial charge in [-0.15, -0.1) is 0 Å². The number of hydrogen-bond donors (Lipinski definition) is 2. The van der Waals surface area contributed by atoms with E-state index in [4.69, 9.17) is 9.47 Å². The summed E-state index contributed by atoms with van der Waals surface area (Å²) in [5, 5.41) is 22.5. The van der Waals surface area contributed by atoms with Gasteiger partial charge in [0.2, 0.25) is 0 Å². The van der Waals surface area contributed by atoms with Crippen molar-refractivity contribution in [3.05, 3.63) is 23.3 Å². The molecule has 1 aromatic carbocycles. The van der Waals surface area contributed by atoms with E-state index in [1.54, 1.807) is 0 Å². The molecule has 0 radical (unpaired) electrons. The van der Waals surface area contributed by atoms with Crippen molar-refractivity contribution in [1.29, 1.82) is 0 Å². The second-order valence-electron chi connectivity index (χ2n) is 11.0. The van der Waals surface area contributed by atoms with Crippen LogP contribution in [-0.4, -0.2) is 59.2 Å². The normalized spacial score (nSPS) is 45.0. The summed E-state index contributed by atoms with van der Waals surface area (Å²) in [6.45, 7) is 5.19. The number of likely N-dealkylation sites (tertiary alicyclic amines) is 1. The molecule has 2 heterocycles. The zero-order chi connectivity index (χ0) is 21.1. The third kappa shape index (κ3) is 1.85. The molecule has 7 atom stereocenters. The molecule has 2 spiro atoms. The molecule has 30 heavy (non-hydrogen) atoms. The molecular weight excluding hydrogens is 378 g/mol. The molecule has 0 aromatic heterocycles. The van der Waals surface area contributed by atoms with Crippen molar-refractivity contribution in [1.82, 2.24) is 4.90 Å². The number of fused-ring (bicyclic) bond motifs is 2. The third-order valence-corrected chi connectivity index (χ3v) is 10.1. The van der Waals surface area contributed by atoms with Crippen LogP contribution in [0, 0.1) is 11.3 Å². The zero-order valence-electron chi connectivity index (χ0n) is 18.7. The van der Waals surface area contributed by atoms with Crippen molar-refractivity contribution in [2.45, 2.75) is 87.6 Å². The molecule has 0 amide bonds. The van der Waals surface area contributed by atoms with Crippen LogP contribution in [0.25, 0.3) is 0 Å². The fraction of sp³-hybridized carbons (Fsp3) is 0.760. The van der Waals surface area contributed by atoms with Gasteiger partial charge in [0.1, 0.15) is 11.7 Å². The van der Waals surface area contributed by atoms with Gasteiger partial charge in [-0.25, -0.2) is 0 Å². The van der Waals surface area contributed by atoms with Gasteiger partial charge in [-0.1, -0.05) is 19.4 Å². The van der Waals surface area contributed by atoms with Crippen molar-refractivity contribution in [2.75, 3.05) is 20.7 Å². The molecule has 2 aliphatic heterocycles. The van der Waals surface area contributed by atoms with E-state index < -0.39 is 11.2 Å². The molecule has 2 N–H and O–H groups in total. The Bertz CT molecular complexity index is 915. The Kier molecular flexibility index (Phi) is 3.70. The largest absolute Gasteiger partial charge is 0.504 e. The lowest BCUT2D eigenvalue weighted by Crippen LogP contribution is -2.82. The first-order valence-electron chi connectivity index (χ1n) is 11.8. The van der Waals surface area contributed by atoms with Crippen LogP contribution >= 0.6 is 0 Å². The lowest BCUT2D eigenvalue weighted by Gasteiger charge is -2.74. The molecule has 4 bridgehead atoms. The molecule has 4 aliphatic carbocycles. The van der Waals surface area contributed by atoms with Crippen LogP contribution in [0.3, 0.4) is 0 Å². The van der Waals surface area contributed by atoms with Crippen LogP contribution in [0.1, 0.15) is 63.5 Å². The van der Waals surface area contributed by atoms with Crippen LogP contribution in [0.2, 0.25) is 0 Å². The lowest BCUT2D eigenvalue weighted by molar-refractivity contribution is -0.301. The van der Waals surface area contributed by atoms with Gasteiger partial charge in [0.15, 0.2) is 11.5 Å². The second kappa shape index (κ2) is 5.73. The highest BCUT2D eigenvalue weighted by molar-refractivity contribution is 5.63.